The third-order valence-electron chi connectivity index (χ3n) is 3.16. The lowest BCUT2D eigenvalue weighted by Gasteiger charge is -2.02. The molecule has 0 atom stereocenters. The van der Waals surface area contributed by atoms with Gasteiger partial charge >= 0.3 is 5.97 Å². The molecule has 0 radical (unpaired) electrons. The summed E-state index contributed by atoms with van der Waals surface area (Å²) in [5, 5.41) is 3.91. The van der Waals surface area contributed by atoms with E-state index < -0.39 is 0 Å². The molecule has 0 spiro atoms. The normalized spacial score (nSPS) is 10.7. The van der Waals surface area contributed by atoms with E-state index in [-0.39, 0.29) is 5.97 Å². The van der Waals surface area contributed by atoms with Gasteiger partial charge < -0.3 is 15.0 Å². The van der Waals surface area contributed by atoms with E-state index in [0.717, 1.165) is 32.7 Å². The summed E-state index contributed by atoms with van der Waals surface area (Å²) in [5.74, 6) is -0.285. The minimum absolute atomic E-state index is 0.285. The fraction of sp³-hybridized carbons (Fsp3) is 0.429. The summed E-state index contributed by atoms with van der Waals surface area (Å²) in [7, 11) is 1.85. The van der Waals surface area contributed by atoms with Crippen LogP contribution in [-0.2, 0) is 4.74 Å². The Bertz CT molecular complexity index is 643. The maximum atomic E-state index is 12.0. The quantitative estimate of drug-likeness (QED) is 0.849. The number of carbonyl (C=O) groups excluding carboxylic acids is 1. The highest BCUT2D eigenvalue weighted by Crippen LogP contribution is 2.33. The van der Waals surface area contributed by atoms with Crippen molar-refractivity contribution in [1.82, 2.24) is 9.97 Å². The number of hydrogen-bond acceptors (Lipinski definition) is 5. The average molecular weight is 293 g/mol. The largest absolute Gasteiger partial charge is 0.462 e. The van der Waals surface area contributed by atoms with Gasteiger partial charge in [-0.15, -0.1) is 11.3 Å². The highest BCUT2D eigenvalue weighted by atomic mass is 32.1. The summed E-state index contributed by atoms with van der Waals surface area (Å²) in [6, 6.07) is 0. The van der Waals surface area contributed by atoms with Crippen LogP contribution in [0.1, 0.15) is 33.4 Å². The molecule has 0 aliphatic heterocycles. The molecule has 0 saturated carbocycles. The monoisotopic (exact) mass is 293 g/mol. The minimum atomic E-state index is -0.285. The lowest BCUT2D eigenvalue weighted by molar-refractivity contribution is 0.0525. The Morgan fingerprint density at radius 2 is 2.10 bits per heavy atom. The second-order valence-corrected chi connectivity index (χ2v) is 5.72. The van der Waals surface area contributed by atoms with Gasteiger partial charge in [-0.3, -0.25) is 0 Å². The van der Waals surface area contributed by atoms with Gasteiger partial charge in [0.15, 0.2) is 5.13 Å². The predicted molar refractivity (Wildman–Crippen MR) is 81.6 cm³/mol. The topological polar surface area (TPSA) is 67.0 Å². The van der Waals surface area contributed by atoms with Crippen molar-refractivity contribution in [2.45, 2.75) is 27.7 Å². The molecule has 0 aliphatic carbocycles. The maximum absolute atomic E-state index is 12.0. The predicted octanol–water partition coefficient (Wildman–Crippen LogP) is 3.28. The summed E-state index contributed by atoms with van der Waals surface area (Å²) in [5.41, 5.74) is 4.09. The first-order chi connectivity index (χ1) is 9.49. The zero-order valence-electron chi connectivity index (χ0n) is 12.4. The van der Waals surface area contributed by atoms with Gasteiger partial charge in [0.2, 0.25) is 0 Å². The van der Waals surface area contributed by atoms with Gasteiger partial charge in [-0.05, 0) is 33.3 Å². The first kappa shape index (κ1) is 14.6. The number of thiazole rings is 1. The first-order valence-corrected chi connectivity index (χ1v) is 7.33. The number of nitrogens with zero attached hydrogens (tertiary/aromatic N) is 1. The number of rotatable bonds is 4. The molecule has 5 nitrogen and oxygen atoms in total. The molecular formula is C14H19N3O2S. The van der Waals surface area contributed by atoms with E-state index in [9.17, 15) is 4.79 Å². The van der Waals surface area contributed by atoms with Crippen molar-refractivity contribution < 1.29 is 9.53 Å². The number of nitrogens with one attached hydrogen (secondary N) is 2. The van der Waals surface area contributed by atoms with Gasteiger partial charge in [0.25, 0.3) is 0 Å². The summed E-state index contributed by atoms with van der Waals surface area (Å²) in [4.78, 5) is 20.9. The van der Waals surface area contributed by atoms with Crippen molar-refractivity contribution in [3.63, 3.8) is 0 Å². The fourth-order valence-corrected chi connectivity index (χ4v) is 3.00. The van der Waals surface area contributed by atoms with E-state index >= 15 is 0 Å². The van der Waals surface area contributed by atoms with Crippen LogP contribution in [0, 0.1) is 20.8 Å². The minimum Gasteiger partial charge on any atom is -0.462 e. The molecule has 0 amide bonds. The van der Waals surface area contributed by atoms with E-state index in [1.54, 1.807) is 18.3 Å². The number of aryl methyl sites for hydroxylation is 2. The van der Waals surface area contributed by atoms with Crippen LogP contribution in [0.15, 0.2) is 0 Å². The molecular weight excluding hydrogens is 274 g/mol. The number of aromatic nitrogens is 2. The molecule has 0 fully saturated rings. The lowest BCUT2D eigenvalue weighted by atomic mass is 10.1. The zero-order chi connectivity index (χ0) is 14.9. The number of carbonyl (C=O) groups is 1. The van der Waals surface area contributed by atoms with Crippen LogP contribution >= 0.6 is 11.3 Å². The molecule has 0 saturated heterocycles. The molecule has 0 aliphatic rings. The van der Waals surface area contributed by atoms with Crippen molar-refractivity contribution in [2.75, 3.05) is 19.0 Å². The Balaban J connectivity index is 2.51. The third kappa shape index (κ3) is 2.43. The van der Waals surface area contributed by atoms with E-state index in [2.05, 4.69) is 15.3 Å². The smallest absolute Gasteiger partial charge is 0.340 e. The molecule has 0 aromatic carbocycles. The van der Waals surface area contributed by atoms with Crippen molar-refractivity contribution in [3.8, 4) is 11.4 Å². The SMILES string of the molecule is CCOC(=O)c1c(C)[nH]c(-c2nc(NC)sc2C)c1C. The molecule has 6 heteroatoms. The van der Waals surface area contributed by atoms with Gasteiger partial charge in [0.05, 0.1) is 17.9 Å². The molecule has 0 bridgehead atoms. The van der Waals surface area contributed by atoms with Crippen molar-refractivity contribution in [2.24, 2.45) is 0 Å². The highest BCUT2D eigenvalue weighted by molar-refractivity contribution is 7.15. The van der Waals surface area contributed by atoms with Gasteiger partial charge in [-0.1, -0.05) is 0 Å². The highest BCUT2D eigenvalue weighted by Gasteiger charge is 2.22. The van der Waals surface area contributed by atoms with Crippen LogP contribution in [0.5, 0.6) is 0 Å². The second-order valence-electron chi connectivity index (χ2n) is 4.52. The van der Waals surface area contributed by atoms with Crippen molar-refractivity contribution in [3.05, 3.63) is 21.7 Å². The summed E-state index contributed by atoms with van der Waals surface area (Å²) >= 11 is 1.59. The number of H-pyrrole nitrogens is 1. The Hall–Kier alpha value is -1.82. The number of esters is 1. The summed E-state index contributed by atoms with van der Waals surface area (Å²) in [6.45, 7) is 8.00. The number of ether oxygens (including phenoxy) is 1. The Kier molecular flexibility index (Phi) is 4.13. The Labute approximate surface area is 122 Å². The van der Waals surface area contributed by atoms with Gasteiger partial charge in [-0.25, -0.2) is 9.78 Å². The Morgan fingerprint density at radius 3 is 2.65 bits per heavy atom. The van der Waals surface area contributed by atoms with E-state index in [1.165, 1.54) is 0 Å². The molecule has 0 unspecified atom stereocenters. The van der Waals surface area contributed by atoms with E-state index in [4.69, 9.17) is 4.74 Å². The summed E-state index contributed by atoms with van der Waals surface area (Å²) < 4.78 is 5.11. The van der Waals surface area contributed by atoms with Crippen LogP contribution in [0.4, 0.5) is 5.13 Å². The zero-order valence-corrected chi connectivity index (χ0v) is 13.2. The first-order valence-electron chi connectivity index (χ1n) is 6.51. The third-order valence-corrected chi connectivity index (χ3v) is 4.15. The lowest BCUT2D eigenvalue weighted by Crippen LogP contribution is -2.06. The molecule has 2 N–H and O–H groups in total. The van der Waals surface area contributed by atoms with Crippen molar-refractivity contribution >= 4 is 22.4 Å². The number of hydrogen-bond donors (Lipinski definition) is 2. The molecule has 2 aromatic rings. The fourth-order valence-electron chi connectivity index (χ4n) is 2.23. The molecule has 2 aromatic heterocycles. The van der Waals surface area contributed by atoms with Crippen molar-refractivity contribution in [1.29, 1.82) is 0 Å². The van der Waals surface area contributed by atoms with E-state index in [1.807, 2.05) is 27.8 Å². The van der Waals surface area contributed by atoms with Crippen LogP contribution in [0.25, 0.3) is 11.4 Å². The Morgan fingerprint density at radius 1 is 1.40 bits per heavy atom. The molecule has 108 valence electrons. The van der Waals surface area contributed by atoms with Crippen LogP contribution in [0.2, 0.25) is 0 Å². The standard InChI is InChI=1S/C14H19N3O2S/c1-6-19-13(18)10-7(2)11(16-8(10)3)12-9(4)20-14(15-5)17-12/h16H,6H2,1-5H3,(H,15,17). The summed E-state index contributed by atoms with van der Waals surface area (Å²) in [6.07, 6.45) is 0. The molecule has 2 rings (SSSR count). The molecule has 2 heterocycles. The van der Waals surface area contributed by atoms with Gasteiger partial charge in [0, 0.05) is 17.6 Å². The molecule has 20 heavy (non-hydrogen) atoms. The second kappa shape index (κ2) is 5.66. The van der Waals surface area contributed by atoms with Crippen LogP contribution in [0.3, 0.4) is 0 Å². The van der Waals surface area contributed by atoms with Gasteiger partial charge in [-0.2, -0.15) is 0 Å². The van der Waals surface area contributed by atoms with Crippen LogP contribution in [-0.4, -0.2) is 29.6 Å². The number of aromatic amines is 1. The van der Waals surface area contributed by atoms with Crippen LogP contribution < -0.4 is 5.32 Å². The van der Waals surface area contributed by atoms with Gasteiger partial charge in [0.1, 0.15) is 5.69 Å². The maximum Gasteiger partial charge on any atom is 0.340 e. The average Bonchev–Trinajstić information content (AvgIpc) is 2.90. The number of anilines is 1. The van der Waals surface area contributed by atoms with E-state index in [0.29, 0.717) is 12.2 Å².